The highest BCUT2D eigenvalue weighted by Crippen LogP contribution is 2.49. The van der Waals surface area contributed by atoms with Gasteiger partial charge in [-0.25, -0.2) is 8.78 Å². The van der Waals surface area contributed by atoms with Crippen LogP contribution >= 0.6 is 11.6 Å². The summed E-state index contributed by atoms with van der Waals surface area (Å²) in [4.78, 5) is 0. The zero-order valence-corrected chi connectivity index (χ0v) is 9.54. The van der Waals surface area contributed by atoms with Crippen LogP contribution in [0.1, 0.15) is 10.9 Å². The molecule has 0 saturated carbocycles. The van der Waals surface area contributed by atoms with Gasteiger partial charge in [0.2, 0.25) is 0 Å². The van der Waals surface area contributed by atoms with Gasteiger partial charge in [-0.05, 0) is 18.2 Å². The van der Waals surface area contributed by atoms with Crippen molar-refractivity contribution in [3.8, 4) is 0 Å². The summed E-state index contributed by atoms with van der Waals surface area (Å²) in [5, 5.41) is -2.81. The third kappa shape index (κ3) is 3.71. The van der Waals surface area contributed by atoms with Crippen LogP contribution in [0.2, 0.25) is 0 Å². The average molecular weight is 313 g/mol. The minimum absolute atomic E-state index is 0.206. The molecule has 9 heteroatoms. The van der Waals surface area contributed by atoms with Crippen molar-refractivity contribution in [2.75, 3.05) is 0 Å². The molecule has 1 atom stereocenters. The molecule has 1 unspecified atom stereocenters. The van der Waals surface area contributed by atoms with Crippen LogP contribution in [-0.2, 0) is 0 Å². The van der Waals surface area contributed by atoms with Crippen molar-refractivity contribution in [3.63, 3.8) is 0 Å². The van der Waals surface area contributed by atoms with E-state index in [9.17, 15) is 35.1 Å². The van der Waals surface area contributed by atoms with Gasteiger partial charge in [0.25, 0.3) is 0 Å². The summed E-state index contributed by atoms with van der Waals surface area (Å²) in [6.45, 7) is 0. The topological polar surface area (TPSA) is 0 Å². The van der Waals surface area contributed by atoms with Crippen molar-refractivity contribution in [3.05, 3.63) is 35.4 Å². The standard InChI is InChI=1S/C10H5ClF8/c11-7(5-3-4(12)1-2-6(5)13)8(9(14,15)16)10(17,18)19/h1-3,7-8H. The first-order chi connectivity index (χ1) is 8.44. The molecule has 0 fully saturated rings. The lowest BCUT2D eigenvalue weighted by Gasteiger charge is -2.27. The third-order valence-corrected chi connectivity index (χ3v) is 2.74. The molecule has 1 rings (SSSR count). The molecule has 19 heavy (non-hydrogen) atoms. The van der Waals surface area contributed by atoms with Crippen LogP contribution in [0.25, 0.3) is 0 Å². The largest absolute Gasteiger partial charge is 0.402 e. The normalized spacial score (nSPS) is 14.8. The Bertz CT molecular complexity index is 436. The van der Waals surface area contributed by atoms with E-state index < -0.39 is 40.8 Å². The van der Waals surface area contributed by atoms with Crippen LogP contribution in [0.15, 0.2) is 18.2 Å². The molecule has 108 valence electrons. The van der Waals surface area contributed by atoms with Gasteiger partial charge in [0.05, 0.1) is 5.38 Å². The first kappa shape index (κ1) is 16.0. The fourth-order valence-corrected chi connectivity index (χ4v) is 1.88. The molecule has 0 nitrogen and oxygen atoms in total. The summed E-state index contributed by atoms with van der Waals surface area (Å²) in [5.74, 6) is -6.62. The second kappa shape index (κ2) is 5.15. The second-order valence-corrected chi connectivity index (χ2v) is 4.10. The molecule has 0 radical (unpaired) electrons. The monoisotopic (exact) mass is 312 g/mol. The van der Waals surface area contributed by atoms with Gasteiger partial charge in [-0.2, -0.15) is 26.3 Å². The predicted octanol–water partition coefficient (Wildman–Crippen LogP) is 4.99. The number of alkyl halides is 7. The molecule has 0 bridgehead atoms. The van der Waals surface area contributed by atoms with Crippen LogP contribution in [-0.4, -0.2) is 12.4 Å². The van der Waals surface area contributed by atoms with Gasteiger partial charge in [-0.15, -0.1) is 11.6 Å². The maximum atomic E-state index is 13.2. The summed E-state index contributed by atoms with van der Waals surface area (Å²) in [6, 6.07) is 1.17. The smallest absolute Gasteiger partial charge is 0.207 e. The van der Waals surface area contributed by atoms with E-state index in [1.807, 2.05) is 0 Å². The highest BCUT2D eigenvalue weighted by Gasteiger charge is 2.60. The molecule has 0 aliphatic rings. The third-order valence-electron chi connectivity index (χ3n) is 2.25. The second-order valence-electron chi connectivity index (χ2n) is 3.63. The maximum absolute atomic E-state index is 13.2. The van der Waals surface area contributed by atoms with Crippen LogP contribution < -0.4 is 0 Å². The number of halogens is 9. The zero-order chi connectivity index (χ0) is 15.0. The quantitative estimate of drug-likeness (QED) is 0.533. The van der Waals surface area contributed by atoms with E-state index in [1.165, 1.54) is 0 Å². The van der Waals surface area contributed by atoms with Crippen molar-refractivity contribution >= 4 is 11.6 Å². The summed E-state index contributed by atoms with van der Waals surface area (Å²) in [6.07, 6.45) is -11.5. The van der Waals surface area contributed by atoms with Crippen LogP contribution in [0.5, 0.6) is 0 Å². The molecule has 0 spiro atoms. The maximum Gasteiger partial charge on any atom is 0.402 e. The molecule has 1 aromatic rings. The predicted molar refractivity (Wildman–Crippen MR) is 50.6 cm³/mol. The SMILES string of the molecule is Fc1ccc(F)c(C(Cl)C(C(F)(F)F)C(F)(F)F)c1. The van der Waals surface area contributed by atoms with Gasteiger partial charge >= 0.3 is 12.4 Å². The minimum Gasteiger partial charge on any atom is -0.207 e. The molecule has 1 aromatic carbocycles. The van der Waals surface area contributed by atoms with Crippen LogP contribution in [0.4, 0.5) is 35.1 Å². The first-order valence-corrected chi connectivity index (χ1v) is 5.10. The summed E-state index contributed by atoms with van der Waals surface area (Å²) in [7, 11) is 0. The molecule has 0 heterocycles. The van der Waals surface area contributed by atoms with E-state index >= 15 is 0 Å². The molecular formula is C10H5ClF8. The van der Waals surface area contributed by atoms with Gasteiger partial charge in [0.15, 0.2) is 5.92 Å². The minimum atomic E-state index is -5.73. The van der Waals surface area contributed by atoms with Gasteiger partial charge in [0, 0.05) is 5.56 Å². The van der Waals surface area contributed by atoms with E-state index in [0.717, 1.165) is 0 Å². The average Bonchev–Trinajstić information content (AvgIpc) is 2.17. The molecule has 0 aliphatic heterocycles. The Kier molecular flexibility index (Phi) is 4.33. The lowest BCUT2D eigenvalue weighted by atomic mass is 9.97. The van der Waals surface area contributed by atoms with E-state index in [1.54, 1.807) is 0 Å². The fourth-order valence-electron chi connectivity index (χ4n) is 1.42. The van der Waals surface area contributed by atoms with Gasteiger partial charge in [-0.3, -0.25) is 0 Å². The lowest BCUT2D eigenvalue weighted by molar-refractivity contribution is -0.285. The number of benzene rings is 1. The van der Waals surface area contributed by atoms with Gasteiger partial charge in [0.1, 0.15) is 11.6 Å². The van der Waals surface area contributed by atoms with Crippen molar-refractivity contribution < 1.29 is 35.1 Å². The summed E-state index contributed by atoms with van der Waals surface area (Å²) < 4.78 is 100. The first-order valence-electron chi connectivity index (χ1n) is 4.67. The van der Waals surface area contributed by atoms with Crippen molar-refractivity contribution in [2.24, 2.45) is 5.92 Å². The highest BCUT2D eigenvalue weighted by atomic mass is 35.5. The molecule has 0 N–H and O–H groups in total. The molecule has 0 aliphatic carbocycles. The molecule has 0 saturated heterocycles. The highest BCUT2D eigenvalue weighted by molar-refractivity contribution is 6.21. The van der Waals surface area contributed by atoms with E-state index in [2.05, 4.69) is 0 Å². The Hall–Kier alpha value is -1.05. The molecule has 0 amide bonds. The van der Waals surface area contributed by atoms with Crippen molar-refractivity contribution in [1.82, 2.24) is 0 Å². The zero-order valence-electron chi connectivity index (χ0n) is 8.79. The number of rotatable bonds is 2. The molecular weight excluding hydrogens is 308 g/mol. The van der Waals surface area contributed by atoms with E-state index in [-0.39, 0.29) is 6.07 Å². The van der Waals surface area contributed by atoms with Crippen molar-refractivity contribution in [1.29, 1.82) is 0 Å². The van der Waals surface area contributed by atoms with E-state index in [0.29, 0.717) is 12.1 Å². The van der Waals surface area contributed by atoms with Crippen LogP contribution in [0.3, 0.4) is 0 Å². The van der Waals surface area contributed by atoms with Gasteiger partial charge in [-0.1, -0.05) is 0 Å². The van der Waals surface area contributed by atoms with E-state index in [4.69, 9.17) is 11.6 Å². The van der Waals surface area contributed by atoms with Crippen LogP contribution in [0, 0.1) is 17.6 Å². The fraction of sp³-hybridized carbons (Fsp3) is 0.400. The summed E-state index contributed by atoms with van der Waals surface area (Å²) >= 11 is 5.07. The molecule has 0 aromatic heterocycles. The number of hydrogen-bond acceptors (Lipinski definition) is 0. The Morgan fingerprint density at radius 2 is 1.37 bits per heavy atom. The van der Waals surface area contributed by atoms with Crippen molar-refractivity contribution in [2.45, 2.75) is 17.7 Å². The Balaban J connectivity index is 3.28. The number of hydrogen-bond donors (Lipinski definition) is 0. The lowest BCUT2D eigenvalue weighted by Crippen LogP contribution is -2.39. The Morgan fingerprint density at radius 1 is 0.895 bits per heavy atom. The Labute approximate surface area is 107 Å². The summed E-state index contributed by atoms with van der Waals surface area (Å²) in [5.41, 5.74) is -1.19. The Morgan fingerprint density at radius 3 is 1.79 bits per heavy atom. The van der Waals surface area contributed by atoms with Gasteiger partial charge < -0.3 is 0 Å².